The Balaban J connectivity index is 2.45. The van der Waals surface area contributed by atoms with Crippen molar-refractivity contribution in [2.24, 2.45) is 5.16 Å². The van der Waals surface area contributed by atoms with E-state index < -0.39 is 57.0 Å². The van der Waals surface area contributed by atoms with E-state index >= 15 is 0 Å². The standard InChI is InChI=1S/C46H81NO5Si7/c1-31-25-32(2)41(33(3)26-31)59(51-43(47-52-59)40-38(49-5)29-35(48-4)30-39(40)50-6)42-36(45(55(13,14)15)56(16,17)18)27-34(44(53(7,8)9)54(10,11)12)28-37(42)46(57(19,20)21)58(22,23)24/h25-30,44-46H,1-24H3. The average Bonchev–Trinajstić information content (AvgIpc) is 3.44. The summed E-state index contributed by atoms with van der Waals surface area (Å²) in [7, 11) is -9.79. The molecule has 3 aromatic rings. The lowest BCUT2D eigenvalue weighted by atomic mass is 10.1. The van der Waals surface area contributed by atoms with Gasteiger partial charge < -0.3 is 23.2 Å². The lowest BCUT2D eigenvalue weighted by Crippen LogP contribution is -2.67. The predicted octanol–water partition coefficient (Wildman–Crippen LogP) is 12.1. The Bertz CT molecular complexity index is 1920. The fraction of sp³-hybridized carbons (Fsp3) is 0.587. The van der Waals surface area contributed by atoms with E-state index in [1.165, 1.54) is 38.2 Å². The fourth-order valence-corrected chi connectivity index (χ4v) is 54.5. The number of hydrogen-bond acceptors (Lipinski definition) is 6. The molecule has 1 unspecified atom stereocenters. The monoisotopic (exact) mass is 923 g/mol. The Hall–Kier alpha value is -2.15. The molecule has 1 aliphatic rings. The number of methoxy groups -OCH3 is 3. The summed E-state index contributed by atoms with van der Waals surface area (Å²) >= 11 is 0. The van der Waals surface area contributed by atoms with Crippen molar-refractivity contribution in [2.45, 2.75) is 154 Å². The van der Waals surface area contributed by atoms with Gasteiger partial charge in [-0.3, -0.25) is 0 Å². The number of nitrogens with zero attached hydrogens (tertiary/aromatic N) is 1. The first-order valence-electron chi connectivity index (χ1n) is 21.7. The van der Waals surface area contributed by atoms with Gasteiger partial charge in [-0.05, 0) is 64.1 Å². The van der Waals surface area contributed by atoms with Crippen LogP contribution in [0.15, 0.2) is 41.6 Å². The largest absolute Gasteiger partial charge is 0.555 e. The highest BCUT2D eigenvalue weighted by Crippen LogP contribution is 2.46. The van der Waals surface area contributed by atoms with Gasteiger partial charge >= 0.3 is 8.56 Å². The first-order chi connectivity index (χ1) is 26.6. The summed E-state index contributed by atoms with van der Waals surface area (Å²) < 4.78 is 33.1. The normalized spacial score (nSPS) is 17.0. The van der Waals surface area contributed by atoms with Crippen molar-refractivity contribution in [1.29, 1.82) is 0 Å². The molecule has 0 aliphatic carbocycles. The van der Waals surface area contributed by atoms with Gasteiger partial charge in [0.2, 0.25) is 0 Å². The van der Waals surface area contributed by atoms with E-state index in [9.17, 15) is 0 Å². The van der Waals surface area contributed by atoms with E-state index in [2.05, 4.69) is 163 Å². The third kappa shape index (κ3) is 10.1. The predicted molar refractivity (Wildman–Crippen MR) is 275 cm³/mol. The highest BCUT2D eigenvalue weighted by Gasteiger charge is 2.61. The molecule has 0 radical (unpaired) electrons. The lowest BCUT2D eigenvalue weighted by molar-refractivity contribution is 0.323. The minimum atomic E-state index is -3.75. The molecule has 4 rings (SSSR count). The molecule has 59 heavy (non-hydrogen) atoms. The average molecular weight is 925 g/mol. The number of oxime groups is 1. The molecule has 0 spiro atoms. The number of aryl methyl sites for hydroxylation is 3. The van der Waals surface area contributed by atoms with Crippen molar-refractivity contribution in [3.05, 3.63) is 75.3 Å². The Labute approximate surface area is 367 Å². The van der Waals surface area contributed by atoms with Gasteiger partial charge in [-0.25, -0.2) is 0 Å². The number of hydrogen-bond donors (Lipinski definition) is 0. The first-order valence-corrected chi connectivity index (χ1v) is 44.9. The molecule has 328 valence electrons. The van der Waals surface area contributed by atoms with E-state index in [1.807, 2.05) is 12.1 Å². The van der Waals surface area contributed by atoms with Crippen molar-refractivity contribution >= 4 is 73.3 Å². The second-order valence-electron chi connectivity index (χ2n) is 24.0. The molecule has 1 aliphatic heterocycles. The quantitative estimate of drug-likeness (QED) is 0.142. The molecule has 0 aromatic heterocycles. The molecule has 0 N–H and O–H groups in total. The number of rotatable bonds is 15. The first kappa shape index (κ1) is 49.5. The van der Waals surface area contributed by atoms with Crippen molar-refractivity contribution in [3.8, 4) is 17.2 Å². The molecule has 3 aromatic carbocycles. The van der Waals surface area contributed by atoms with E-state index in [-0.39, 0.29) is 0 Å². The van der Waals surface area contributed by atoms with Crippen LogP contribution in [0.3, 0.4) is 0 Å². The summed E-state index contributed by atoms with van der Waals surface area (Å²) in [5.74, 6) is 2.18. The summed E-state index contributed by atoms with van der Waals surface area (Å²) in [6, 6.07) is 13.9. The van der Waals surface area contributed by atoms with Crippen LogP contribution in [0.2, 0.25) is 118 Å². The van der Waals surface area contributed by atoms with Crippen LogP contribution in [0.4, 0.5) is 0 Å². The third-order valence-electron chi connectivity index (χ3n) is 12.1. The van der Waals surface area contributed by atoms with Gasteiger partial charge in [0.15, 0.2) is 0 Å². The molecule has 1 atom stereocenters. The second-order valence-corrected chi connectivity index (χ2v) is 60.2. The van der Waals surface area contributed by atoms with Gasteiger partial charge in [0, 0.05) is 70.9 Å². The maximum Gasteiger partial charge on any atom is 0.555 e. The van der Waals surface area contributed by atoms with Gasteiger partial charge in [-0.2, -0.15) is 0 Å². The second kappa shape index (κ2) is 16.9. The summed E-state index contributed by atoms with van der Waals surface area (Å²) in [6.07, 6.45) is 0. The molecular formula is C46H81NO5Si7. The number of ether oxygens (including phenoxy) is 3. The highest BCUT2D eigenvalue weighted by atomic mass is 28.4. The molecular weight excluding hydrogens is 843 g/mol. The van der Waals surface area contributed by atoms with E-state index in [0.29, 0.717) is 44.2 Å². The van der Waals surface area contributed by atoms with Crippen LogP contribution < -0.4 is 24.6 Å². The zero-order chi connectivity index (χ0) is 45.2. The molecule has 0 bridgehead atoms. The zero-order valence-electron chi connectivity index (χ0n) is 41.7. The van der Waals surface area contributed by atoms with E-state index in [1.54, 1.807) is 26.9 Å². The van der Waals surface area contributed by atoms with Crippen LogP contribution in [0.25, 0.3) is 0 Å². The summed E-state index contributed by atoms with van der Waals surface area (Å²) in [6.45, 7) is 53.7. The molecule has 1 heterocycles. The van der Waals surface area contributed by atoms with Crippen LogP contribution in [0.5, 0.6) is 17.2 Å². The highest BCUT2D eigenvalue weighted by molar-refractivity contribution is 7.01. The van der Waals surface area contributed by atoms with Crippen LogP contribution in [0, 0.1) is 20.8 Å². The molecule has 0 amide bonds. The molecule has 0 fully saturated rings. The van der Waals surface area contributed by atoms with Gasteiger partial charge in [0.1, 0.15) is 22.8 Å². The van der Waals surface area contributed by atoms with Crippen LogP contribution in [-0.2, 0) is 8.95 Å². The molecule has 6 nitrogen and oxygen atoms in total. The SMILES string of the molecule is COc1cc(OC)c(C2=NO[Si](c3c(C)cc(C)cc3C)(c3c(C([Si](C)(C)C)[Si](C)(C)C)cc(C([Si](C)(C)C)[Si](C)(C)C)cc3C([Si](C)(C)C)[Si](C)(C)C)O2)c(OC)c1. The Morgan fingerprint density at radius 1 is 0.492 bits per heavy atom. The summed E-state index contributed by atoms with van der Waals surface area (Å²) in [5, 5.41) is 9.06. The van der Waals surface area contributed by atoms with Gasteiger partial charge in [-0.1, -0.05) is 153 Å². The van der Waals surface area contributed by atoms with Crippen LogP contribution in [-0.4, -0.2) is 84.2 Å². The zero-order valence-corrected chi connectivity index (χ0v) is 48.7. The molecule has 13 heteroatoms. The Kier molecular flexibility index (Phi) is 14.1. The topological polar surface area (TPSA) is 58.5 Å². The smallest absolute Gasteiger partial charge is 0.496 e. The van der Waals surface area contributed by atoms with Gasteiger partial charge in [-0.15, -0.1) is 0 Å². The van der Waals surface area contributed by atoms with Gasteiger partial charge in [0.25, 0.3) is 5.90 Å². The molecule has 0 saturated carbocycles. The van der Waals surface area contributed by atoms with E-state index in [0.717, 1.165) is 0 Å². The van der Waals surface area contributed by atoms with Gasteiger partial charge in [0.05, 0.1) is 21.3 Å². The van der Waals surface area contributed by atoms with Crippen molar-refractivity contribution in [2.75, 3.05) is 21.3 Å². The lowest BCUT2D eigenvalue weighted by Gasteiger charge is -2.47. The van der Waals surface area contributed by atoms with Crippen LogP contribution in [0.1, 0.15) is 54.4 Å². The maximum absolute atomic E-state index is 7.88. The maximum atomic E-state index is 7.88. The molecule has 0 saturated heterocycles. The van der Waals surface area contributed by atoms with E-state index in [4.69, 9.17) is 28.3 Å². The fourth-order valence-electron chi connectivity index (χ4n) is 12.1. The van der Waals surface area contributed by atoms with Crippen molar-refractivity contribution in [3.63, 3.8) is 0 Å². The van der Waals surface area contributed by atoms with Crippen LogP contribution >= 0.6 is 0 Å². The van der Waals surface area contributed by atoms with Crippen molar-refractivity contribution in [1.82, 2.24) is 0 Å². The summed E-state index contributed by atoms with van der Waals surface area (Å²) in [5.41, 5.74) is 8.86. The Morgan fingerprint density at radius 2 is 0.864 bits per heavy atom. The third-order valence-corrected chi connectivity index (χ3v) is 43.5. The minimum absolute atomic E-state index is 0.408. The number of benzene rings is 3. The minimum Gasteiger partial charge on any atom is -0.496 e. The van der Waals surface area contributed by atoms with Crippen molar-refractivity contribution < 1.29 is 23.2 Å². The Morgan fingerprint density at radius 3 is 1.19 bits per heavy atom. The summed E-state index contributed by atoms with van der Waals surface area (Å²) in [4.78, 5) is 0.